The molecule has 1 aromatic carbocycles. The highest BCUT2D eigenvalue weighted by Gasteiger charge is 2.13. The summed E-state index contributed by atoms with van der Waals surface area (Å²) in [5, 5.41) is 15.3. The Morgan fingerprint density at radius 1 is 1.30 bits per heavy atom. The minimum atomic E-state index is -0.569. The average Bonchev–Trinajstić information content (AvgIpc) is 3.12. The first-order valence-electron chi connectivity index (χ1n) is 7.78. The maximum absolute atomic E-state index is 12.1. The normalized spacial score (nSPS) is 10.8. The van der Waals surface area contributed by atoms with Gasteiger partial charge in [0.25, 0.3) is 5.69 Å². The van der Waals surface area contributed by atoms with Crippen LogP contribution < -0.4 is 20.9 Å². The highest BCUT2D eigenvalue weighted by molar-refractivity contribution is 7.10. The van der Waals surface area contributed by atoms with Crippen molar-refractivity contribution in [3.63, 3.8) is 0 Å². The van der Waals surface area contributed by atoms with Crippen LogP contribution >= 0.6 is 11.3 Å². The second-order valence-corrected chi connectivity index (χ2v) is 6.42. The molecule has 0 atom stereocenters. The number of nitro benzene ring substituents is 1. The van der Waals surface area contributed by atoms with Gasteiger partial charge in [-0.1, -0.05) is 6.07 Å². The molecule has 27 heavy (non-hydrogen) atoms. The number of nitro groups is 1. The fraction of sp³-hybridized carbons (Fsp3) is 0.176. The van der Waals surface area contributed by atoms with Gasteiger partial charge in [-0.15, -0.1) is 11.3 Å². The maximum Gasteiger partial charge on any atom is 0.271 e. The van der Waals surface area contributed by atoms with Gasteiger partial charge in [-0.25, -0.2) is 0 Å². The van der Waals surface area contributed by atoms with Crippen LogP contribution in [0, 0.1) is 10.1 Å². The summed E-state index contributed by atoms with van der Waals surface area (Å²) >= 11 is 1.48. The second-order valence-electron chi connectivity index (χ2n) is 5.39. The fourth-order valence-electron chi connectivity index (χ4n) is 2.09. The summed E-state index contributed by atoms with van der Waals surface area (Å²) in [5.41, 5.74) is 5.51. The first kappa shape index (κ1) is 19.9. The number of ether oxygens (including phenoxy) is 1. The van der Waals surface area contributed by atoms with Crippen molar-refractivity contribution in [1.29, 1.82) is 0 Å². The van der Waals surface area contributed by atoms with Gasteiger partial charge in [0.2, 0.25) is 11.8 Å². The second kappa shape index (κ2) is 9.34. The molecule has 2 rings (SSSR count). The number of non-ortho nitro benzene ring substituents is 1. The Morgan fingerprint density at radius 2 is 2.07 bits per heavy atom. The topological polar surface area (TPSA) is 123 Å². The summed E-state index contributed by atoms with van der Waals surface area (Å²) in [6.07, 6.45) is 1.44. The van der Waals surface area contributed by atoms with Crippen LogP contribution in [0.25, 0.3) is 0 Å². The van der Waals surface area contributed by atoms with Crippen molar-refractivity contribution < 1.29 is 19.2 Å². The lowest BCUT2D eigenvalue weighted by atomic mass is 10.2. The molecule has 1 aromatic heterocycles. The summed E-state index contributed by atoms with van der Waals surface area (Å²) in [5.74, 6) is -0.491. The minimum absolute atomic E-state index is 0.169. The molecule has 142 valence electrons. The van der Waals surface area contributed by atoms with E-state index in [-0.39, 0.29) is 29.5 Å². The van der Waals surface area contributed by atoms with Gasteiger partial charge in [0.15, 0.2) is 0 Å². The van der Waals surface area contributed by atoms with E-state index < -0.39 is 10.8 Å². The molecule has 9 nitrogen and oxygen atoms in total. The molecule has 0 radical (unpaired) electrons. The lowest BCUT2D eigenvalue weighted by Crippen LogP contribution is -2.37. The van der Waals surface area contributed by atoms with E-state index in [2.05, 4.69) is 16.2 Å². The number of hydrogen-bond donors (Lipinski definition) is 3. The predicted octanol–water partition coefficient (Wildman–Crippen LogP) is 2.37. The highest BCUT2D eigenvalue weighted by atomic mass is 32.1. The molecule has 3 N–H and O–H groups in total. The molecule has 0 fully saturated rings. The van der Waals surface area contributed by atoms with Gasteiger partial charge in [-0.3, -0.25) is 25.1 Å². The number of rotatable bonds is 8. The molecule has 0 aliphatic heterocycles. The van der Waals surface area contributed by atoms with Crippen LogP contribution in [0.2, 0.25) is 0 Å². The number of carbonyl (C=O) groups is 2. The number of benzene rings is 1. The van der Waals surface area contributed by atoms with Gasteiger partial charge in [-0.05, 0) is 24.4 Å². The maximum atomic E-state index is 12.1. The molecule has 0 spiro atoms. The molecule has 2 aromatic rings. The van der Waals surface area contributed by atoms with Gasteiger partial charge in [0.1, 0.15) is 5.75 Å². The van der Waals surface area contributed by atoms with E-state index in [1.54, 1.807) is 6.92 Å². The van der Waals surface area contributed by atoms with Crippen LogP contribution in [0.4, 0.5) is 11.4 Å². The summed E-state index contributed by atoms with van der Waals surface area (Å²) in [6, 6.07) is 7.59. The lowest BCUT2D eigenvalue weighted by molar-refractivity contribution is -0.384. The molecule has 0 saturated carbocycles. The van der Waals surface area contributed by atoms with E-state index in [4.69, 9.17) is 4.74 Å². The predicted molar refractivity (Wildman–Crippen MR) is 101 cm³/mol. The summed E-state index contributed by atoms with van der Waals surface area (Å²) < 4.78 is 5.09. The van der Waals surface area contributed by atoms with Gasteiger partial charge in [0.05, 0.1) is 24.1 Å². The van der Waals surface area contributed by atoms with E-state index in [1.807, 2.05) is 17.5 Å². The van der Waals surface area contributed by atoms with E-state index in [9.17, 15) is 19.7 Å². The number of nitrogens with zero attached hydrogens (tertiary/aromatic N) is 1. The number of methoxy groups -OCH3 is 1. The number of amides is 2. The number of anilines is 1. The van der Waals surface area contributed by atoms with Crippen LogP contribution in [0.5, 0.6) is 5.75 Å². The molecule has 1 heterocycles. The Balaban J connectivity index is 1.94. The number of allylic oxidation sites excluding steroid dienone is 1. The van der Waals surface area contributed by atoms with Crippen molar-refractivity contribution in [1.82, 2.24) is 10.9 Å². The summed E-state index contributed by atoms with van der Waals surface area (Å²) in [6.45, 7) is 1.59. The van der Waals surface area contributed by atoms with Crippen LogP contribution in [0.15, 0.2) is 47.5 Å². The smallest absolute Gasteiger partial charge is 0.271 e. The molecule has 0 aliphatic rings. The monoisotopic (exact) mass is 390 g/mol. The number of hydrazine groups is 1. The number of nitrogens with one attached hydrogen (secondary N) is 3. The third-order valence-corrected chi connectivity index (χ3v) is 4.19. The van der Waals surface area contributed by atoms with Crippen LogP contribution in [-0.2, 0) is 16.0 Å². The fourth-order valence-corrected chi connectivity index (χ4v) is 2.80. The number of hydrogen-bond acceptors (Lipinski definition) is 7. The Bertz CT molecular complexity index is 864. The first-order chi connectivity index (χ1) is 12.9. The van der Waals surface area contributed by atoms with Crippen molar-refractivity contribution in [2.75, 3.05) is 12.4 Å². The molecule has 0 aliphatic carbocycles. The quantitative estimate of drug-likeness (QED) is 0.361. The minimum Gasteiger partial charge on any atom is -0.495 e. The molecule has 0 unspecified atom stereocenters. The first-order valence-corrected chi connectivity index (χ1v) is 8.66. The van der Waals surface area contributed by atoms with Gasteiger partial charge < -0.3 is 15.5 Å². The van der Waals surface area contributed by atoms with Crippen molar-refractivity contribution in [2.45, 2.75) is 13.3 Å². The molecule has 0 bridgehead atoms. The van der Waals surface area contributed by atoms with E-state index in [0.717, 1.165) is 4.88 Å². The van der Waals surface area contributed by atoms with Crippen molar-refractivity contribution in [2.24, 2.45) is 0 Å². The summed E-state index contributed by atoms with van der Waals surface area (Å²) in [4.78, 5) is 35.1. The van der Waals surface area contributed by atoms with Crippen molar-refractivity contribution in [3.8, 4) is 5.75 Å². The average molecular weight is 390 g/mol. The van der Waals surface area contributed by atoms with Crippen molar-refractivity contribution >= 4 is 34.5 Å². The van der Waals surface area contributed by atoms with Crippen LogP contribution in [0.3, 0.4) is 0 Å². The van der Waals surface area contributed by atoms with E-state index in [1.165, 1.54) is 42.7 Å². The van der Waals surface area contributed by atoms with Gasteiger partial charge >= 0.3 is 0 Å². The Morgan fingerprint density at radius 3 is 2.70 bits per heavy atom. The van der Waals surface area contributed by atoms with E-state index >= 15 is 0 Å². The third-order valence-electron chi connectivity index (χ3n) is 3.31. The largest absolute Gasteiger partial charge is 0.495 e. The highest BCUT2D eigenvalue weighted by Crippen LogP contribution is 2.28. The zero-order valence-electron chi connectivity index (χ0n) is 14.6. The Labute approximate surface area is 159 Å². The molecule has 10 heteroatoms. The zero-order chi connectivity index (χ0) is 19.8. The van der Waals surface area contributed by atoms with Gasteiger partial charge in [0, 0.05) is 28.8 Å². The molecular weight excluding hydrogens is 372 g/mol. The standard InChI is InChI=1S/C17H18N4O5S/c1-11(19-20-17(23)10-13-4-3-7-27-13)8-16(22)18-14-9-12(21(24)25)5-6-15(14)26-2/h3-9,19H,10H2,1-2H3,(H,18,22)(H,20,23). The third kappa shape index (κ3) is 6.12. The SMILES string of the molecule is COc1ccc([N+](=O)[O-])cc1NC(=O)C=C(C)NNC(=O)Cc1cccs1. The summed E-state index contributed by atoms with van der Waals surface area (Å²) in [7, 11) is 1.39. The lowest BCUT2D eigenvalue weighted by Gasteiger charge is -2.10. The van der Waals surface area contributed by atoms with Crippen LogP contribution in [0.1, 0.15) is 11.8 Å². The van der Waals surface area contributed by atoms with E-state index in [0.29, 0.717) is 5.70 Å². The molecule has 0 saturated heterocycles. The zero-order valence-corrected chi connectivity index (χ0v) is 15.5. The molecule has 2 amide bonds. The Hall–Kier alpha value is -3.40. The van der Waals surface area contributed by atoms with Crippen molar-refractivity contribution in [3.05, 3.63) is 62.5 Å². The van der Waals surface area contributed by atoms with Crippen LogP contribution in [-0.4, -0.2) is 23.8 Å². The van der Waals surface area contributed by atoms with Gasteiger partial charge in [-0.2, -0.15) is 0 Å². The number of carbonyl (C=O) groups excluding carboxylic acids is 2. The Kier molecular flexibility index (Phi) is 6.89. The molecular formula is C17H18N4O5S. The number of thiophene rings is 1.